The van der Waals surface area contributed by atoms with Crippen LogP contribution >= 0.6 is 23.2 Å². The number of phenols is 2. The molecular weight excluding hydrogens is 313 g/mol. The van der Waals surface area contributed by atoms with Crippen LogP contribution < -0.4 is 5.32 Å². The van der Waals surface area contributed by atoms with E-state index in [1.807, 2.05) is 0 Å². The predicted molar refractivity (Wildman–Crippen MR) is 83.2 cm³/mol. The summed E-state index contributed by atoms with van der Waals surface area (Å²) in [5, 5.41) is 22.2. The second-order valence-corrected chi connectivity index (χ2v) is 5.34. The highest BCUT2D eigenvalue weighted by molar-refractivity contribution is 6.36. The average Bonchev–Trinajstić information content (AvgIpc) is 2.43. The number of nitrogens with one attached hydrogen (secondary N) is 1. The monoisotopic (exact) mass is 325 g/mol. The highest BCUT2D eigenvalue weighted by Crippen LogP contribution is 2.27. The molecule has 0 fully saturated rings. The molecule has 0 heterocycles. The van der Waals surface area contributed by atoms with Crippen LogP contribution in [0.3, 0.4) is 0 Å². The van der Waals surface area contributed by atoms with Crippen molar-refractivity contribution in [1.82, 2.24) is 0 Å². The molecule has 6 heteroatoms. The van der Waals surface area contributed by atoms with Crippen LogP contribution in [-0.4, -0.2) is 16.1 Å². The summed E-state index contributed by atoms with van der Waals surface area (Å²) in [5.41, 5.74) is 1.25. The van der Waals surface area contributed by atoms with Crippen molar-refractivity contribution in [2.75, 3.05) is 5.32 Å². The summed E-state index contributed by atoms with van der Waals surface area (Å²) in [5.74, 6) is -0.586. The minimum absolute atomic E-state index is 0.184. The maximum atomic E-state index is 11.9. The number of hydrogen-bond acceptors (Lipinski definition) is 3. The third-order valence-corrected chi connectivity index (χ3v) is 3.43. The van der Waals surface area contributed by atoms with E-state index >= 15 is 0 Å². The molecule has 0 radical (unpaired) electrons. The Kier molecular flexibility index (Phi) is 4.94. The number of hydrogen-bond donors (Lipinski definition) is 3. The highest BCUT2D eigenvalue weighted by Gasteiger charge is 2.08. The number of carbonyl (C=O) groups is 1. The molecule has 0 saturated heterocycles. The van der Waals surface area contributed by atoms with Crippen molar-refractivity contribution in [1.29, 1.82) is 0 Å². The molecule has 0 aliphatic rings. The van der Waals surface area contributed by atoms with E-state index in [4.69, 9.17) is 23.2 Å². The molecule has 0 spiro atoms. The molecule has 0 aromatic heterocycles. The van der Waals surface area contributed by atoms with Crippen molar-refractivity contribution in [2.24, 2.45) is 0 Å². The molecule has 2 aromatic rings. The maximum Gasteiger partial charge on any atom is 0.224 e. The minimum Gasteiger partial charge on any atom is -0.504 e. The third kappa shape index (κ3) is 4.28. The van der Waals surface area contributed by atoms with Crippen LogP contribution in [0.2, 0.25) is 10.0 Å². The molecule has 0 saturated carbocycles. The molecule has 0 bridgehead atoms. The van der Waals surface area contributed by atoms with E-state index in [2.05, 4.69) is 5.32 Å². The van der Waals surface area contributed by atoms with E-state index in [1.165, 1.54) is 12.1 Å². The van der Waals surface area contributed by atoms with Crippen LogP contribution in [0, 0.1) is 0 Å². The highest BCUT2D eigenvalue weighted by atomic mass is 35.5. The summed E-state index contributed by atoms with van der Waals surface area (Å²) >= 11 is 11.7. The third-order valence-electron chi connectivity index (χ3n) is 2.89. The van der Waals surface area contributed by atoms with Gasteiger partial charge >= 0.3 is 0 Å². The molecule has 0 atom stereocenters. The zero-order valence-corrected chi connectivity index (χ0v) is 12.4. The standard InChI is InChI=1S/C15H13Cl2NO3/c16-10-3-4-12(11(17)8-10)18-15(21)6-2-9-1-5-13(19)14(20)7-9/h1,3-5,7-8,19-20H,2,6H2,(H,18,21). The zero-order valence-electron chi connectivity index (χ0n) is 10.9. The molecule has 3 N–H and O–H groups in total. The Hall–Kier alpha value is -1.91. The first kappa shape index (κ1) is 15.5. The maximum absolute atomic E-state index is 11.9. The van der Waals surface area contributed by atoms with Crippen molar-refractivity contribution in [3.8, 4) is 11.5 Å². The summed E-state index contributed by atoms with van der Waals surface area (Å²) in [6.07, 6.45) is 0.661. The second kappa shape index (κ2) is 6.70. The van der Waals surface area contributed by atoms with E-state index in [1.54, 1.807) is 24.3 Å². The van der Waals surface area contributed by atoms with E-state index < -0.39 is 0 Å². The predicted octanol–water partition coefficient (Wildman–Crippen LogP) is 3.98. The van der Waals surface area contributed by atoms with Crippen molar-refractivity contribution >= 4 is 34.8 Å². The second-order valence-electron chi connectivity index (χ2n) is 4.50. The lowest BCUT2D eigenvalue weighted by Crippen LogP contribution is -2.12. The molecular formula is C15H13Cl2NO3. The Morgan fingerprint density at radius 2 is 1.81 bits per heavy atom. The summed E-state index contributed by atoms with van der Waals surface area (Å²) < 4.78 is 0. The number of anilines is 1. The van der Waals surface area contributed by atoms with Gasteiger partial charge in [0.25, 0.3) is 0 Å². The van der Waals surface area contributed by atoms with Gasteiger partial charge in [-0.15, -0.1) is 0 Å². The average molecular weight is 326 g/mol. The fourth-order valence-electron chi connectivity index (χ4n) is 1.79. The van der Waals surface area contributed by atoms with Gasteiger partial charge in [0.2, 0.25) is 5.91 Å². The van der Waals surface area contributed by atoms with Crippen molar-refractivity contribution < 1.29 is 15.0 Å². The zero-order chi connectivity index (χ0) is 15.4. The molecule has 110 valence electrons. The number of aromatic hydroxyl groups is 2. The van der Waals surface area contributed by atoms with Crippen LogP contribution in [0.5, 0.6) is 11.5 Å². The molecule has 2 aromatic carbocycles. The lowest BCUT2D eigenvalue weighted by atomic mass is 10.1. The first-order valence-electron chi connectivity index (χ1n) is 6.21. The van der Waals surface area contributed by atoms with Gasteiger partial charge in [0.1, 0.15) is 0 Å². The number of aryl methyl sites for hydroxylation is 1. The van der Waals surface area contributed by atoms with Gasteiger partial charge in [-0.1, -0.05) is 29.3 Å². The first-order chi connectivity index (χ1) is 9.95. The van der Waals surface area contributed by atoms with Crippen molar-refractivity contribution in [3.63, 3.8) is 0 Å². The SMILES string of the molecule is O=C(CCc1ccc(O)c(O)c1)Nc1ccc(Cl)cc1Cl. The number of phenolic OH excluding ortho intramolecular Hbond substituents is 2. The fraction of sp³-hybridized carbons (Fsp3) is 0.133. The number of benzene rings is 2. The Bertz CT molecular complexity index is 674. The fourth-order valence-corrected chi connectivity index (χ4v) is 2.24. The Balaban J connectivity index is 1.94. The molecule has 2 rings (SSSR count). The van der Waals surface area contributed by atoms with Gasteiger partial charge in [-0.05, 0) is 42.3 Å². The van der Waals surface area contributed by atoms with Gasteiger partial charge < -0.3 is 15.5 Å². The van der Waals surface area contributed by atoms with Crippen molar-refractivity contribution in [2.45, 2.75) is 12.8 Å². The lowest BCUT2D eigenvalue weighted by Gasteiger charge is -2.08. The lowest BCUT2D eigenvalue weighted by molar-refractivity contribution is -0.116. The number of carbonyl (C=O) groups excluding carboxylic acids is 1. The van der Waals surface area contributed by atoms with Gasteiger partial charge in [0.05, 0.1) is 10.7 Å². The molecule has 0 aliphatic heterocycles. The Morgan fingerprint density at radius 1 is 1.05 bits per heavy atom. The summed E-state index contributed by atoms with van der Waals surface area (Å²) in [6, 6.07) is 9.29. The molecule has 4 nitrogen and oxygen atoms in total. The van der Waals surface area contributed by atoms with Gasteiger partial charge in [0, 0.05) is 11.4 Å². The van der Waals surface area contributed by atoms with Gasteiger partial charge in [-0.3, -0.25) is 4.79 Å². The summed E-state index contributed by atoms with van der Waals surface area (Å²) in [4.78, 5) is 11.9. The van der Waals surface area contributed by atoms with E-state index in [9.17, 15) is 15.0 Å². The van der Waals surface area contributed by atoms with Crippen LogP contribution in [0.15, 0.2) is 36.4 Å². The van der Waals surface area contributed by atoms with Gasteiger partial charge in [0.15, 0.2) is 11.5 Å². The number of halogens is 2. The molecule has 0 unspecified atom stereocenters. The van der Waals surface area contributed by atoms with Crippen LogP contribution in [-0.2, 0) is 11.2 Å². The van der Waals surface area contributed by atoms with E-state index in [-0.39, 0.29) is 23.8 Å². The van der Waals surface area contributed by atoms with Crippen LogP contribution in [0.1, 0.15) is 12.0 Å². The van der Waals surface area contributed by atoms with Crippen LogP contribution in [0.4, 0.5) is 5.69 Å². The number of amides is 1. The normalized spacial score (nSPS) is 10.4. The number of rotatable bonds is 4. The minimum atomic E-state index is -0.202. The summed E-state index contributed by atoms with van der Waals surface area (Å²) in [7, 11) is 0. The Morgan fingerprint density at radius 3 is 2.48 bits per heavy atom. The smallest absolute Gasteiger partial charge is 0.224 e. The largest absolute Gasteiger partial charge is 0.504 e. The topological polar surface area (TPSA) is 69.6 Å². The van der Waals surface area contributed by atoms with Crippen molar-refractivity contribution in [3.05, 3.63) is 52.0 Å². The quantitative estimate of drug-likeness (QED) is 0.745. The van der Waals surface area contributed by atoms with Crippen LogP contribution in [0.25, 0.3) is 0 Å². The van der Waals surface area contributed by atoms with Gasteiger partial charge in [-0.2, -0.15) is 0 Å². The molecule has 21 heavy (non-hydrogen) atoms. The van der Waals surface area contributed by atoms with E-state index in [0.29, 0.717) is 22.2 Å². The first-order valence-corrected chi connectivity index (χ1v) is 6.97. The molecule has 1 amide bonds. The summed E-state index contributed by atoms with van der Waals surface area (Å²) in [6.45, 7) is 0. The van der Waals surface area contributed by atoms with E-state index in [0.717, 1.165) is 5.56 Å². The van der Waals surface area contributed by atoms with Gasteiger partial charge in [-0.25, -0.2) is 0 Å². The Labute approximate surface area is 131 Å². The molecule has 0 aliphatic carbocycles.